The Morgan fingerprint density at radius 3 is 2.25 bits per heavy atom. The van der Waals surface area contributed by atoms with E-state index in [0.29, 0.717) is 0 Å². The topological polar surface area (TPSA) is 36.8 Å². The van der Waals surface area contributed by atoms with Gasteiger partial charge in [0.1, 0.15) is 6.54 Å². The summed E-state index contributed by atoms with van der Waals surface area (Å²) < 4.78 is 37.2. The number of nitrogens with one attached hydrogen (secondary N) is 1. The highest BCUT2D eigenvalue weighted by atomic mass is 32.2. The lowest BCUT2D eigenvalue weighted by atomic mass is 10.0. The fraction of sp³-hybridized carbons (Fsp3) is 0.176. The average Bonchev–Trinajstić information content (AvgIpc) is 2.61. The number of benzene rings is 2. The van der Waals surface area contributed by atoms with Crippen LogP contribution in [0.3, 0.4) is 0 Å². The molecule has 1 N–H and O–H groups in total. The first-order valence-corrected chi connectivity index (χ1v) is 8.13. The van der Waals surface area contributed by atoms with Crippen molar-refractivity contribution in [2.75, 3.05) is 6.54 Å². The summed E-state index contributed by atoms with van der Waals surface area (Å²) in [5.74, 6) is 0. The number of halogens is 3. The summed E-state index contributed by atoms with van der Waals surface area (Å²) in [5.41, 5.74) is 5.28. The molecule has 1 aliphatic heterocycles. The van der Waals surface area contributed by atoms with E-state index in [4.69, 9.17) is 0 Å². The van der Waals surface area contributed by atoms with E-state index in [2.05, 4.69) is 15.5 Å². The Morgan fingerprint density at radius 1 is 1.00 bits per heavy atom. The molecule has 2 aromatic carbocycles. The third-order valence-corrected chi connectivity index (χ3v) is 4.50. The summed E-state index contributed by atoms with van der Waals surface area (Å²) in [7, 11) is 0. The maximum atomic E-state index is 12.4. The van der Waals surface area contributed by atoms with Crippen molar-refractivity contribution in [1.82, 2.24) is 5.43 Å². The Hall–Kier alpha value is -2.28. The van der Waals surface area contributed by atoms with E-state index < -0.39 is 12.7 Å². The van der Waals surface area contributed by atoms with Crippen molar-refractivity contribution < 1.29 is 13.2 Å². The average molecular weight is 349 g/mol. The van der Waals surface area contributed by atoms with Gasteiger partial charge in [0.05, 0.1) is 11.0 Å². The Bertz CT molecular complexity index is 743. The summed E-state index contributed by atoms with van der Waals surface area (Å²) in [6, 6.07) is 19.1. The molecule has 2 aromatic rings. The summed E-state index contributed by atoms with van der Waals surface area (Å²) in [6.07, 6.45) is -4.33. The molecule has 0 fully saturated rings. The quantitative estimate of drug-likeness (QED) is 0.892. The minimum absolute atomic E-state index is 0.167. The lowest BCUT2D eigenvalue weighted by molar-refractivity contribution is -0.118. The fourth-order valence-electron chi connectivity index (χ4n) is 2.27. The standard InChI is InChI=1S/C17H14F3N3S/c18-17(19,20)11-21-16-23-22-14(12-7-3-1-4-8-12)15(24-16)13-9-5-2-6-10-13/h1-10,15H,11H2,(H,21,23)/t15-/m1/s1. The Balaban J connectivity index is 1.94. The van der Waals surface area contributed by atoms with Gasteiger partial charge in [-0.15, -0.1) is 0 Å². The van der Waals surface area contributed by atoms with Crippen molar-refractivity contribution in [3.8, 4) is 0 Å². The van der Waals surface area contributed by atoms with Crippen LogP contribution in [0.1, 0.15) is 16.4 Å². The van der Waals surface area contributed by atoms with Crippen LogP contribution in [0.15, 0.2) is 70.8 Å². The van der Waals surface area contributed by atoms with E-state index in [-0.39, 0.29) is 10.4 Å². The van der Waals surface area contributed by atoms with Crippen molar-refractivity contribution in [3.63, 3.8) is 0 Å². The summed E-state index contributed by atoms with van der Waals surface area (Å²) in [5, 5.41) is 4.23. The second-order valence-electron chi connectivity index (χ2n) is 5.12. The van der Waals surface area contributed by atoms with Crippen LogP contribution in [0, 0.1) is 0 Å². The molecule has 0 amide bonds. The number of hydrogen-bond acceptors (Lipinski definition) is 3. The SMILES string of the molecule is FC(F)(F)CN=C1NN=C(c2ccccc2)[C@@H](c2ccccc2)S1. The molecule has 0 radical (unpaired) electrons. The molecule has 0 spiro atoms. The molecule has 3 nitrogen and oxygen atoms in total. The van der Waals surface area contributed by atoms with Crippen LogP contribution in [-0.4, -0.2) is 23.6 Å². The van der Waals surface area contributed by atoms with Gasteiger partial charge in [-0.3, -0.25) is 10.4 Å². The van der Waals surface area contributed by atoms with Crippen molar-refractivity contribution in [2.24, 2.45) is 10.1 Å². The van der Waals surface area contributed by atoms with Gasteiger partial charge < -0.3 is 0 Å². The predicted molar refractivity (Wildman–Crippen MR) is 91.2 cm³/mol. The molecular formula is C17H14F3N3S. The largest absolute Gasteiger partial charge is 0.408 e. The monoisotopic (exact) mass is 349 g/mol. The second kappa shape index (κ2) is 7.09. The Kier molecular flexibility index (Phi) is 4.89. The zero-order chi connectivity index (χ0) is 17.0. The first-order valence-electron chi connectivity index (χ1n) is 7.25. The van der Waals surface area contributed by atoms with Gasteiger partial charge in [0, 0.05) is 0 Å². The number of rotatable bonds is 3. The number of nitrogens with zero attached hydrogens (tertiary/aromatic N) is 2. The molecule has 1 aliphatic rings. The van der Waals surface area contributed by atoms with E-state index in [1.165, 1.54) is 11.8 Å². The summed E-state index contributed by atoms with van der Waals surface area (Å²) >= 11 is 1.24. The number of amidine groups is 1. The summed E-state index contributed by atoms with van der Waals surface area (Å²) in [6.45, 7) is -1.22. The highest BCUT2D eigenvalue weighted by Gasteiger charge is 2.30. The molecule has 0 aliphatic carbocycles. The first-order chi connectivity index (χ1) is 11.5. The fourth-order valence-corrected chi connectivity index (χ4v) is 3.33. The van der Waals surface area contributed by atoms with Gasteiger partial charge in [-0.25, -0.2) is 0 Å². The molecule has 1 atom stereocenters. The van der Waals surface area contributed by atoms with Gasteiger partial charge in [-0.05, 0) is 11.1 Å². The minimum Gasteiger partial charge on any atom is -0.256 e. The lowest BCUT2D eigenvalue weighted by Gasteiger charge is -2.25. The van der Waals surface area contributed by atoms with E-state index in [1.54, 1.807) is 0 Å². The smallest absolute Gasteiger partial charge is 0.256 e. The normalized spacial score (nSPS) is 19.7. The predicted octanol–water partition coefficient (Wildman–Crippen LogP) is 4.39. The molecule has 124 valence electrons. The van der Waals surface area contributed by atoms with Gasteiger partial charge in [0.15, 0.2) is 5.17 Å². The molecule has 0 saturated carbocycles. The number of hydrogen-bond donors (Lipinski definition) is 1. The number of hydrazone groups is 1. The molecule has 3 rings (SSSR count). The highest BCUT2D eigenvalue weighted by molar-refractivity contribution is 8.14. The van der Waals surface area contributed by atoms with Crippen LogP contribution in [0.4, 0.5) is 13.2 Å². The zero-order valence-electron chi connectivity index (χ0n) is 12.5. The van der Waals surface area contributed by atoms with Crippen LogP contribution in [0.25, 0.3) is 0 Å². The van der Waals surface area contributed by atoms with Gasteiger partial charge in [-0.1, -0.05) is 72.4 Å². The third-order valence-electron chi connectivity index (χ3n) is 3.32. The molecule has 7 heteroatoms. The highest BCUT2D eigenvalue weighted by Crippen LogP contribution is 2.35. The van der Waals surface area contributed by atoms with Gasteiger partial charge in [0.2, 0.25) is 0 Å². The van der Waals surface area contributed by atoms with E-state index in [0.717, 1.165) is 16.8 Å². The van der Waals surface area contributed by atoms with E-state index in [1.807, 2.05) is 60.7 Å². The van der Waals surface area contributed by atoms with Crippen molar-refractivity contribution in [3.05, 3.63) is 71.8 Å². The molecule has 0 saturated heterocycles. The number of thioether (sulfide) groups is 1. The van der Waals surface area contributed by atoms with Crippen LogP contribution in [0.5, 0.6) is 0 Å². The van der Waals surface area contributed by atoms with Crippen LogP contribution >= 0.6 is 11.8 Å². The molecule has 1 heterocycles. The molecule has 0 bridgehead atoms. The van der Waals surface area contributed by atoms with Crippen LogP contribution in [0.2, 0.25) is 0 Å². The zero-order valence-corrected chi connectivity index (χ0v) is 13.3. The second-order valence-corrected chi connectivity index (χ2v) is 6.21. The maximum absolute atomic E-state index is 12.4. The minimum atomic E-state index is -4.33. The van der Waals surface area contributed by atoms with Gasteiger partial charge >= 0.3 is 6.18 Å². The Morgan fingerprint density at radius 2 is 1.62 bits per heavy atom. The third kappa shape index (κ3) is 4.17. The van der Waals surface area contributed by atoms with Crippen LogP contribution in [-0.2, 0) is 0 Å². The van der Waals surface area contributed by atoms with Crippen molar-refractivity contribution in [1.29, 1.82) is 0 Å². The molecule has 0 aromatic heterocycles. The van der Waals surface area contributed by atoms with E-state index in [9.17, 15) is 13.2 Å². The van der Waals surface area contributed by atoms with Crippen LogP contribution < -0.4 is 5.43 Å². The van der Waals surface area contributed by atoms with Gasteiger partial charge in [-0.2, -0.15) is 18.3 Å². The number of aliphatic imine (C=N–C) groups is 1. The molecular weight excluding hydrogens is 335 g/mol. The lowest BCUT2D eigenvalue weighted by Crippen LogP contribution is -2.29. The van der Waals surface area contributed by atoms with Gasteiger partial charge in [0.25, 0.3) is 0 Å². The summed E-state index contributed by atoms with van der Waals surface area (Å²) in [4.78, 5) is 3.59. The van der Waals surface area contributed by atoms with E-state index >= 15 is 0 Å². The maximum Gasteiger partial charge on any atom is 0.408 e. The van der Waals surface area contributed by atoms with Crippen molar-refractivity contribution in [2.45, 2.75) is 11.4 Å². The first kappa shape index (κ1) is 16.6. The number of alkyl halides is 3. The Labute approximate surface area is 141 Å². The molecule has 0 unspecified atom stereocenters. The molecule has 24 heavy (non-hydrogen) atoms. The van der Waals surface area contributed by atoms with Crippen molar-refractivity contribution >= 4 is 22.6 Å².